The van der Waals surface area contributed by atoms with E-state index in [0.29, 0.717) is 11.3 Å². The van der Waals surface area contributed by atoms with Crippen LogP contribution in [0.15, 0.2) is 53.2 Å². The molecule has 1 aromatic carbocycles. The number of hydrogen-bond donors (Lipinski definition) is 2. The quantitative estimate of drug-likeness (QED) is 0.518. The molecule has 0 saturated heterocycles. The monoisotopic (exact) mass is 460 g/mol. The molecule has 0 spiro atoms. The molecule has 0 unspecified atom stereocenters. The Hall–Kier alpha value is -4.32. The SMILES string of the molecule is Cc1oc(-n2cccc2)c(C#N)c1C(=O)OCC(=O)Nc1ccccc1C(=O)NC1CCCC1. The molecule has 0 aliphatic heterocycles. The first-order chi connectivity index (χ1) is 16.5. The highest BCUT2D eigenvalue weighted by atomic mass is 16.5. The lowest BCUT2D eigenvalue weighted by molar-refractivity contribution is -0.119. The molecule has 0 bridgehead atoms. The summed E-state index contributed by atoms with van der Waals surface area (Å²) in [6.45, 7) is 0.954. The van der Waals surface area contributed by atoms with Crippen LogP contribution >= 0.6 is 0 Å². The molecule has 9 nitrogen and oxygen atoms in total. The van der Waals surface area contributed by atoms with Gasteiger partial charge >= 0.3 is 5.97 Å². The summed E-state index contributed by atoms with van der Waals surface area (Å²) in [7, 11) is 0. The van der Waals surface area contributed by atoms with E-state index < -0.39 is 18.5 Å². The van der Waals surface area contributed by atoms with Crippen molar-refractivity contribution in [2.75, 3.05) is 11.9 Å². The Balaban J connectivity index is 1.41. The zero-order valence-electron chi connectivity index (χ0n) is 18.7. The van der Waals surface area contributed by atoms with E-state index >= 15 is 0 Å². The first-order valence-corrected chi connectivity index (χ1v) is 11.0. The molecule has 2 amide bonds. The molecule has 2 aromatic heterocycles. The number of rotatable bonds is 7. The molecule has 4 rings (SSSR count). The number of aromatic nitrogens is 1. The molecule has 1 fully saturated rings. The molecule has 0 radical (unpaired) electrons. The first-order valence-electron chi connectivity index (χ1n) is 11.0. The largest absolute Gasteiger partial charge is 0.452 e. The third kappa shape index (κ3) is 4.86. The smallest absolute Gasteiger partial charge is 0.343 e. The van der Waals surface area contributed by atoms with Crippen molar-refractivity contribution in [3.05, 3.63) is 71.2 Å². The molecule has 1 aliphatic carbocycles. The molecule has 2 heterocycles. The van der Waals surface area contributed by atoms with Crippen molar-refractivity contribution in [1.29, 1.82) is 5.26 Å². The van der Waals surface area contributed by atoms with Crippen molar-refractivity contribution in [2.45, 2.75) is 38.6 Å². The zero-order chi connectivity index (χ0) is 24.1. The fourth-order valence-corrected chi connectivity index (χ4v) is 4.04. The topological polar surface area (TPSA) is 126 Å². The molecule has 174 valence electrons. The van der Waals surface area contributed by atoms with Gasteiger partial charge in [0.1, 0.15) is 23.0 Å². The van der Waals surface area contributed by atoms with Crippen molar-refractivity contribution in [2.24, 2.45) is 0 Å². The van der Waals surface area contributed by atoms with Gasteiger partial charge in [0.2, 0.25) is 5.88 Å². The Kier molecular flexibility index (Phi) is 6.78. The fourth-order valence-electron chi connectivity index (χ4n) is 4.04. The van der Waals surface area contributed by atoms with Gasteiger partial charge in [0.25, 0.3) is 11.8 Å². The average molecular weight is 460 g/mol. The van der Waals surface area contributed by atoms with Crippen LogP contribution in [-0.4, -0.2) is 35.0 Å². The van der Waals surface area contributed by atoms with Crippen molar-refractivity contribution >= 4 is 23.5 Å². The summed E-state index contributed by atoms with van der Waals surface area (Å²) in [5, 5.41) is 15.2. The molecular formula is C25H24N4O5. The normalized spacial score (nSPS) is 13.3. The number of para-hydroxylation sites is 1. The van der Waals surface area contributed by atoms with Gasteiger partial charge in [-0.1, -0.05) is 25.0 Å². The minimum absolute atomic E-state index is 0.0213. The number of carbonyl (C=O) groups is 3. The summed E-state index contributed by atoms with van der Waals surface area (Å²) >= 11 is 0. The van der Waals surface area contributed by atoms with Gasteiger partial charge in [0, 0.05) is 18.4 Å². The Morgan fingerprint density at radius 2 is 1.85 bits per heavy atom. The minimum atomic E-state index is -0.849. The molecule has 0 atom stereocenters. The van der Waals surface area contributed by atoms with Crippen LogP contribution in [-0.2, 0) is 9.53 Å². The Bertz CT molecular complexity index is 1250. The summed E-state index contributed by atoms with van der Waals surface area (Å²) in [4.78, 5) is 37.8. The van der Waals surface area contributed by atoms with Gasteiger partial charge in [-0.05, 0) is 44.0 Å². The maximum absolute atomic E-state index is 12.7. The summed E-state index contributed by atoms with van der Waals surface area (Å²) in [6, 6.07) is 12.3. The predicted molar refractivity (Wildman–Crippen MR) is 123 cm³/mol. The third-order valence-corrected chi connectivity index (χ3v) is 5.69. The van der Waals surface area contributed by atoms with Gasteiger partial charge in [-0.15, -0.1) is 0 Å². The number of nitrogens with zero attached hydrogens (tertiary/aromatic N) is 2. The number of carbonyl (C=O) groups excluding carboxylic acids is 3. The van der Waals surface area contributed by atoms with Crippen molar-refractivity contribution in [3.8, 4) is 12.0 Å². The van der Waals surface area contributed by atoms with Crippen molar-refractivity contribution < 1.29 is 23.5 Å². The van der Waals surface area contributed by atoms with Crippen molar-refractivity contribution in [3.63, 3.8) is 0 Å². The van der Waals surface area contributed by atoms with Crippen LogP contribution in [0.5, 0.6) is 0 Å². The predicted octanol–water partition coefficient (Wildman–Crippen LogP) is 3.72. The molecule has 34 heavy (non-hydrogen) atoms. The number of ether oxygens (including phenoxy) is 1. The highest BCUT2D eigenvalue weighted by Crippen LogP contribution is 2.26. The molecule has 3 aromatic rings. The number of anilines is 1. The van der Waals surface area contributed by atoms with Crippen LogP contribution in [0, 0.1) is 18.3 Å². The standard InChI is InChI=1S/C25H24N4O5/c1-16-22(19(14-26)24(34-16)29-12-6-7-13-29)25(32)33-15-21(30)28-20-11-5-4-10-18(20)23(31)27-17-8-2-3-9-17/h4-7,10-13,17H,2-3,8-9,15H2,1H3,(H,27,31)(H,28,30). The van der Waals surface area contributed by atoms with Gasteiger partial charge in [0.05, 0.1) is 11.3 Å². The van der Waals surface area contributed by atoms with Crippen LogP contribution in [0.1, 0.15) is 57.7 Å². The van der Waals surface area contributed by atoms with E-state index in [-0.39, 0.29) is 34.7 Å². The lowest BCUT2D eigenvalue weighted by atomic mass is 10.1. The number of aryl methyl sites for hydroxylation is 1. The van der Waals surface area contributed by atoms with Gasteiger partial charge < -0.3 is 19.8 Å². The van der Waals surface area contributed by atoms with Crippen molar-refractivity contribution in [1.82, 2.24) is 9.88 Å². The van der Waals surface area contributed by atoms with E-state index in [1.807, 2.05) is 6.07 Å². The van der Waals surface area contributed by atoms with Gasteiger partial charge in [-0.2, -0.15) is 5.26 Å². The number of esters is 1. The van der Waals surface area contributed by atoms with Crippen LogP contribution in [0.4, 0.5) is 5.69 Å². The second-order valence-electron chi connectivity index (χ2n) is 8.04. The fraction of sp³-hybridized carbons (Fsp3) is 0.280. The Morgan fingerprint density at radius 3 is 2.56 bits per heavy atom. The number of amides is 2. The molecule has 2 N–H and O–H groups in total. The molecular weight excluding hydrogens is 436 g/mol. The minimum Gasteiger partial charge on any atom is -0.452 e. The molecule has 1 aliphatic rings. The average Bonchev–Trinajstić information content (AvgIpc) is 3.59. The van der Waals surface area contributed by atoms with Gasteiger partial charge in [-0.25, -0.2) is 4.79 Å². The maximum Gasteiger partial charge on any atom is 0.343 e. The highest BCUT2D eigenvalue weighted by molar-refractivity contribution is 6.04. The second kappa shape index (κ2) is 10.1. The van der Waals surface area contributed by atoms with Crippen LogP contribution in [0.2, 0.25) is 0 Å². The Morgan fingerprint density at radius 1 is 1.15 bits per heavy atom. The lowest BCUT2D eigenvalue weighted by Gasteiger charge is -2.15. The van der Waals surface area contributed by atoms with Crippen LogP contribution in [0.25, 0.3) is 5.88 Å². The number of benzene rings is 1. The summed E-state index contributed by atoms with van der Waals surface area (Å²) < 4.78 is 12.3. The number of nitriles is 1. The number of furan rings is 1. The van der Waals surface area contributed by atoms with Gasteiger partial charge in [0.15, 0.2) is 6.61 Å². The van der Waals surface area contributed by atoms with E-state index in [2.05, 4.69) is 10.6 Å². The molecule has 9 heteroatoms. The highest BCUT2D eigenvalue weighted by Gasteiger charge is 2.26. The van der Waals surface area contributed by atoms with Gasteiger partial charge in [-0.3, -0.25) is 14.2 Å². The second-order valence-corrected chi connectivity index (χ2v) is 8.04. The van der Waals surface area contributed by atoms with Crippen LogP contribution < -0.4 is 10.6 Å². The summed E-state index contributed by atoms with van der Waals surface area (Å²) in [5.74, 6) is -1.31. The third-order valence-electron chi connectivity index (χ3n) is 5.69. The van der Waals surface area contributed by atoms with E-state index in [0.717, 1.165) is 25.7 Å². The number of hydrogen-bond acceptors (Lipinski definition) is 6. The van der Waals surface area contributed by atoms with E-state index in [4.69, 9.17) is 9.15 Å². The van der Waals surface area contributed by atoms with E-state index in [1.54, 1.807) is 60.3 Å². The van der Waals surface area contributed by atoms with E-state index in [9.17, 15) is 19.6 Å². The van der Waals surface area contributed by atoms with Crippen LogP contribution in [0.3, 0.4) is 0 Å². The maximum atomic E-state index is 12.7. The lowest BCUT2D eigenvalue weighted by Crippen LogP contribution is -2.33. The Labute approximate surface area is 196 Å². The summed E-state index contributed by atoms with van der Waals surface area (Å²) in [6.07, 6.45) is 7.43. The number of nitrogens with one attached hydrogen (secondary N) is 2. The van der Waals surface area contributed by atoms with E-state index in [1.165, 1.54) is 0 Å². The zero-order valence-corrected chi connectivity index (χ0v) is 18.7. The summed E-state index contributed by atoms with van der Waals surface area (Å²) in [5.41, 5.74) is 0.650. The first kappa shape index (κ1) is 22.9. The molecule has 1 saturated carbocycles.